The molecule has 0 saturated heterocycles. The zero-order valence-electron chi connectivity index (χ0n) is 36.3. The van der Waals surface area contributed by atoms with Crippen LogP contribution in [0.1, 0.15) is 0 Å². The van der Waals surface area contributed by atoms with Crippen molar-refractivity contribution in [3.63, 3.8) is 0 Å². The Balaban J connectivity index is 11.2. The van der Waals surface area contributed by atoms with Crippen molar-refractivity contribution in [3.8, 4) is 0 Å². The minimum Gasteiger partial charge on any atom is -0.328 e. The van der Waals surface area contributed by atoms with Crippen molar-refractivity contribution in [3.05, 3.63) is 0 Å². The third-order valence-electron chi connectivity index (χ3n) is 10.8. The first-order valence-corrected chi connectivity index (χ1v) is 17.9. The Morgan fingerprint density at radius 2 is 0.207 bits per heavy atom. The molecule has 0 fully saturated rings. The average Bonchev–Trinajstić information content (AvgIpc) is 3.21. The lowest BCUT2D eigenvalue weighted by molar-refractivity contribution is -0.568. The standard InChI is InChI=1S/C28F58O/c29-1(7(35,36)25(75,76)77,5(31,32)9(39,40)11(43,44)13(47,48)15(51,52)17(55,56)19(59,60)27(81,82)83)3(21(63,64)65,22(66,67)68)87-4(23(69,70)71,24(72,73)74)2(30,8(37,38)26(78,79)80)6(33,34)10(41,42)12(45,46)14(49,50)16(53,54)18(57,58)20(61,62)28(84,85)86. The second-order valence-electron chi connectivity index (χ2n) is 16.0. The molecule has 0 heterocycles. The maximum absolute atomic E-state index is 16.4. The van der Waals surface area contributed by atoms with Crippen molar-refractivity contribution in [2.24, 2.45) is 0 Å². The van der Waals surface area contributed by atoms with Gasteiger partial charge in [0, 0.05) is 0 Å². The van der Waals surface area contributed by atoms with Gasteiger partial charge < -0.3 is 4.74 Å². The fourth-order valence-electron chi connectivity index (χ4n) is 6.13. The van der Waals surface area contributed by atoms with Gasteiger partial charge in [-0.2, -0.15) is 246 Å². The smallest absolute Gasteiger partial charge is 0.328 e. The van der Waals surface area contributed by atoms with Crippen LogP contribution in [0.4, 0.5) is 255 Å². The maximum Gasteiger partial charge on any atom is 0.460 e. The van der Waals surface area contributed by atoms with Crippen LogP contribution in [0.15, 0.2) is 0 Å². The Morgan fingerprint density at radius 3 is 0.310 bits per heavy atom. The van der Waals surface area contributed by atoms with Crippen molar-refractivity contribution in [2.45, 2.75) is 167 Å². The number of hydrogen-bond donors (Lipinski definition) is 0. The molecule has 87 heavy (non-hydrogen) atoms. The Labute approximate surface area is 427 Å². The number of halogens is 58. The quantitative estimate of drug-likeness (QED) is 0.110. The van der Waals surface area contributed by atoms with Gasteiger partial charge in [0.2, 0.25) is 0 Å². The van der Waals surface area contributed by atoms with Crippen molar-refractivity contribution < 1.29 is 259 Å². The molecule has 1 nitrogen and oxygen atoms in total. The highest BCUT2D eigenvalue weighted by atomic mass is 19.5. The van der Waals surface area contributed by atoms with Crippen LogP contribution >= 0.6 is 0 Å². The van der Waals surface area contributed by atoms with Gasteiger partial charge in [-0.1, -0.05) is 0 Å². The first kappa shape index (κ1) is 82.9. The Bertz CT molecular complexity index is 2250. The fraction of sp³-hybridized carbons (Fsp3) is 1.00. The molecular weight excluding hydrogens is 1450 g/mol. The molecule has 0 rings (SSSR count). The van der Waals surface area contributed by atoms with E-state index in [0.29, 0.717) is 0 Å². The van der Waals surface area contributed by atoms with Gasteiger partial charge in [0.25, 0.3) is 11.3 Å². The highest BCUT2D eigenvalue weighted by molar-refractivity contribution is 5.34. The monoisotopic (exact) mass is 1450 g/mol. The summed E-state index contributed by atoms with van der Waals surface area (Å²) in [6, 6.07) is 0. The minimum absolute atomic E-state index is 0.542. The average molecular weight is 1450 g/mol. The highest BCUT2D eigenvalue weighted by Crippen LogP contribution is 2.78. The largest absolute Gasteiger partial charge is 0.460 e. The number of rotatable bonds is 20. The van der Waals surface area contributed by atoms with Crippen LogP contribution < -0.4 is 0 Å². The molecule has 0 aliphatic heterocycles. The summed E-state index contributed by atoms with van der Waals surface area (Å²) < 4.78 is 823. The molecule has 0 saturated carbocycles. The Morgan fingerprint density at radius 1 is 0.103 bits per heavy atom. The summed E-state index contributed by atoms with van der Waals surface area (Å²) in [5, 5.41) is 0. The lowest BCUT2D eigenvalue weighted by atomic mass is 9.66. The van der Waals surface area contributed by atoms with Crippen LogP contribution in [0.3, 0.4) is 0 Å². The van der Waals surface area contributed by atoms with E-state index in [1.807, 2.05) is 0 Å². The Hall–Kier alpha value is -4.10. The zero-order valence-corrected chi connectivity index (χ0v) is 36.3. The van der Waals surface area contributed by atoms with Crippen LogP contribution in [0.5, 0.6) is 0 Å². The predicted molar refractivity (Wildman–Crippen MR) is 142 cm³/mol. The fourth-order valence-corrected chi connectivity index (χ4v) is 6.13. The lowest BCUT2D eigenvalue weighted by Crippen LogP contribution is -2.92. The Kier molecular flexibility index (Phi) is 18.8. The SMILES string of the molecule is FC(F)(F)C(F)(F)C(F)(F)C(F)(F)C(F)(F)C(F)(F)C(F)(F)C(F)(F)C(F)(C(F)(F)C(F)(F)F)C(OC(C(F)(F)F)(C(F)(F)F)C(F)(C(F)(F)C(F)(F)F)C(F)(F)C(F)(F)C(F)(F)C(F)(F)C(F)(F)C(F)(F)C(F)(F)C(F)(F)F)(C(F)(F)F)C(F)(F)F. The van der Waals surface area contributed by atoms with E-state index in [4.69, 9.17) is 0 Å². The van der Waals surface area contributed by atoms with Gasteiger partial charge in [0.1, 0.15) is 0 Å². The minimum atomic E-state index is -13.2. The van der Waals surface area contributed by atoms with Crippen LogP contribution in [0, 0.1) is 0 Å². The number of ether oxygens (including phenoxy) is 1. The van der Waals surface area contributed by atoms with Crippen LogP contribution in [-0.4, -0.2) is 167 Å². The molecule has 0 aliphatic rings. The van der Waals surface area contributed by atoms with E-state index >= 15 is 26.3 Å². The van der Waals surface area contributed by atoms with Crippen molar-refractivity contribution >= 4 is 0 Å². The molecule has 524 valence electrons. The summed E-state index contributed by atoms with van der Waals surface area (Å²) in [4.78, 5) is 0. The third kappa shape index (κ3) is 9.40. The molecule has 2 atom stereocenters. The summed E-state index contributed by atoms with van der Waals surface area (Å²) in [5.41, 5.74) is -52.6. The number of hydrogen-bond acceptors (Lipinski definition) is 1. The summed E-state index contributed by atoms with van der Waals surface area (Å²) in [6.45, 7) is 0. The van der Waals surface area contributed by atoms with Crippen LogP contribution in [0.2, 0.25) is 0 Å². The normalized spacial score (nSPS) is 18.7. The van der Waals surface area contributed by atoms with E-state index in [-0.39, 0.29) is 0 Å². The van der Waals surface area contributed by atoms with Gasteiger partial charge in [-0.05, 0) is 0 Å². The van der Waals surface area contributed by atoms with Gasteiger partial charge in [0.05, 0.1) is 0 Å². The van der Waals surface area contributed by atoms with E-state index in [2.05, 4.69) is 0 Å². The molecule has 0 N–H and O–H groups in total. The molecule has 0 radical (unpaired) electrons. The third-order valence-corrected chi connectivity index (χ3v) is 10.8. The van der Waals surface area contributed by atoms with Gasteiger partial charge in [0.15, 0.2) is 0 Å². The molecule has 0 aromatic carbocycles. The van der Waals surface area contributed by atoms with Gasteiger partial charge in [-0.25, -0.2) is 8.78 Å². The summed E-state index contributed by atoms with van der Waals surface area (Å²) in [5.74, 6) is -181. The lowest BCUT2D eigenvalue weighted by Gasteiger charge is -2.59. The van der Waals surface area contributed by atoms with Gasteiger partial charge in [-0.15, -0.1) is 0 Å². The molecule has 0 aromatic heterocycles. The van der Waals surface area contributed by atoms with Crippen LogP contribution in [-0.2, 0) is 4.74 Å². The molecule has 0 amide bonds. The predicted octanol–water partition coefficient (Wildman–Crippen LogP) is 18.6. The molecule has 0 aliphatic carbocycles. The van der Waals surface area contributed by atoms with E-state index in [1.165, 1.54) is 0 Å². The first-order chi connectivity index (χ1) is 36.2. The van der Waals surface area contributed by atoms with Crippen molar-refractivity contribution in [1.82, 2.24) is 0 Å². The van der Waals surface area contributed by atoms with Gasteiger partial charge >= 0.3 is 155 Å². The van der Waals surface area contributed by atoms with E-state index in [1.54, 1.807) is 0 Å². The maximum atomic E-state index is 16.4. The molecular formula is C28F58O. The molecule has 0 spiro atoms. The summed E-state index contributed by atoms with van der Waals surface area (Å²) in [7, 11) is 0. The second kappa shape index (κ2) is 19.7. The summed E-state index contributed by atoms with van der Waals surface area (Å²) >= 11 is 0. The molecule has 0 bridgehead atoms. The topological polar surface area (TPSA) is 9.23 Å². The summed E-state index contributed by atoms with van der Waals surface area (Å²) in [6.07, 6.45) is -87.3. The highest BCUT2D eigenvalue weighted by Gasteiger charge is 3.11. The van der Waals surface area contributed by atoms with Crippen LogP contribution in [0.25, 0.3) is 0 Å². The molecule has 59 heteroatoms. The molecule has 0 aromatic rings. The van der Waals surface area contributed by atoms with E-state index < -0.39 is 171 Å². The van der Waals surface area contributed by atoms with Gasteiger partial charge in [-0.3, -0.25) is 0 Å². The molecule has 2 unspecified atom stereocenters. The zero-order chi connectivity index (χ0) is 72.7. The van der Waals surface area contributed by atoms with E-state index in [0.717, 1.165) is 0 Å². The second-order valence-corrected chi connectivity index (χ2v) is 16.0. The van der Waals surface area contributed by atoms with Crippen molar-refractivity contribution in [2.75, 3.05) is 0 Å². The van der Waals surface area contributed by atoms with E-state index in [9.17, 15) is 228 Å². The first-order valence-electron chi connectivity index (χ1n) is 17.9. The number of alkyl halides is 58. The van der Waals surface area contributed by atoms with Crippen molar-refractivity contribution in [1.29, 1.82) is 0 Å².